The third kappa shape index (κ3) is 3.04. The zero-order valence-electron chi connectivity index (χ0n) is 13.2. The Hall–Kier alpha value is -2.82. The van der Waals surface area contributed by atoms with E-state index in [0.717, 1.165) is 11.1 Å². The van der Waals surface area contributed by atoms with Crippen molar-refractivity contribution < 1.29 is 18.7 Å². The minimum Gasteiger partial charge on any atom is -0.496 e. The number of hydrogen-bond donors (Lipinski definition) is 0. The minimum atomic E-state index is -0.506. The van der Waals surface area contributed by atoms with Crippen molar-refractivity contribution in [1.82, 2.24) is 0 Å². The number of rotatable bonds is 4. The van der Waals surface area contributed by atoms with E-state index in [9.17, 15) is 4.79 Å². The van der Waals surface area contributed by atoms with Crippen molar-refractivity contribution in [3.8, 4) is 5.75 Å². The van der Waals surface area contributed by atoms with Crippen LogP contribution < -0.4 is 4.74 Å². The van der Waals surface area contributed by atoms with E-state index in [4.69, 9.17) is 13.9 Å². The molecule has 3 rings (SSSR count). The first-order valence-corrected chi connectivity index (χ1v) is 7.33. The molecule has 5 nitrogen and oxygen atoms in total. The molecule has 0 aliphatic carbocycles. The van der Waals surface area contributed by atoms with Crippen molar-refractivity contribution in [1.29, 1.82) is 0 Å². The molecule has 2 aromatic rings. The van der Waals surface area contributed by atoms with E-state index in [2.05, 4.69) is 18.8 Å². The summed E-state index contributed by atoms with van der Waals surface area (Å²) in [6.07, 6.45) is 3.17. The predicted octanol–water partition coefficient (Wildman–Crippen LogP) is 3.76. The maximum Gasteiger partial charge on any atom is 0.363 e. The molecule has 1 aliphatic rings. The van der Waals surface area contributed by atoms with Crippen molar-refractivity contribution >= 4 is 17.9 Å². The summed E-state index contributed by atoms with van der Waals surface area (Å²) >= 11 is 0. The fraction of sp³-hybridized carbons (Fsp3) is 0.222. The van der Waals surface area contributed by atoms with E-state index in [1.54, 1.807) is 25.3 Å². The van der Waals surface area contributed by atoms with Crippen LogP contribution in [0.5, 0.6) is 5.75 Å². The number of benzene rings is 1. The van der Waals surface area contributed by atoms with Crippen LogP contribution in [0.15, 0.2) is 51.7 Å². The van der Waals surface area contributed by atoms with Gasteiger partial charge in [0.05, 0.1) is 13.4 Å². The topological polar surface area (TPSA) is 61.0 Å². The molecule has 1 aromatic carbocycles. The molecule has 0 unspecified atom stereocenters. The van der Waals surface area contributed by atoms with E-state index < -0.39 is 5.97 Å². The van der Waals surface area contributed by atoms with Gasteiger partial charge in [-0.1, -0.05) is 19.9 Å². The monoisotopic (exact) mass is 311 g/mol. The predicted molar refractivity (Wildman–Crippen MR) is 86.4 cm³/mol. The maximum absolute atomic E-state index is 12.0. The van der Waals surface area contributed by atoms with Gasteiger partial charge in [-0.2, -0.15) is 0 Å². The van der Waals surface area contributed by atoms with Crippen molar-refractivity contribution in [3.05, 3.63) is 59.2 Å². The molecule has 0 saturated carbocycles. The quantitative estimate of drug-likeness (QED) is 0.637. The Morgan fingerprint density at radius 3 is 2.74 bits per heavy atom. The number of hydrogen-bond acceptors (Lipinski definition) is 5. The van der Waals surface area contributed by atoms with Gasteiger partial charge >= 0.3 is 5.97 Å². The molecule has 23 heavy (non-hydrogen) atoms. The van der Waals surface area contributed by atoms with Gasteiger partial charge in [0.2, 0.25) is 0 Å². The molecule has 118 valence electrons. The third-order valence-corrected chi connectivity index (χ3v) is 3.57. The minimum absolute atomic E-state index is 0.172. The number of aliphatic imine (C=N–C) groups is 1. The van der Waals surface area contributed by atoms with Gasteiger partial charge in [-0.15, -0.1) is 0 Å². The summed E-state index contributed by atoms with van der Waals surface area (Å²) in [4.78, 5) is 16.2. The molecule has 0 amide bonds. The van der Waals surface area contributed by atoms with E-state index in [-0.39, 0.29) is 11.6 Å². The van der Waals surface area contributed by atoms with Gasteiger partial charge in [0, 0.05) is 5.56 Å². The molecule has 0 radical (unpaired) electrons. The molecular weight excluding hydrogens is 294 g/mol. The van der Waals surface area contributed by atoms with Crippen molar-refractivity contribution in [3.63, 3.8) is 0 Å². The Morgan fingerprint density at radius 1 is 1.26 bits per heavy atom. The van der Waals surface area contributed by atoms with Gasteiger partial charge in [0.15, 0.2) is 11.5 Å². The molecule has 2 heterocycles. The number of carbonyl (C=O) groups excluding carboxylic acids is 1. The van der Waals surface area contributed by atoms with E-state index in [1.807, 2.05) is 18.2 Å². The second kappa shape index (κ2) is 6.12. The van der Waals surface area contributed by atoms with Crippen LogP contribution in [0.1, 0.15) is 36.7 Å². The second-order valence-corrected chi connectivity index (χ2v) is 5.47. The van der Waals surface area contributed by atoms with Gasteiger partial charge in [-0.3, -0.25) is 0 Å². The highest BCUT2D eigenvalue weighted by atomic mass is 16.6. The molecule has 0 saturated heterocycles. The highest BCUT2D eigenvalue weighted by molar-refractivity contribution is 6.12. The van der Waals surface area contributed by atoms with Crippen molar-refractivity contribution in [2.45, 2.75) is 19.8 Å². The number of methoxy groups -OCH3 is 1. The Balaban J connectivity index is 2.00. The number of furan rings is 1. The zero-order valence-corrected chi connectivity index (χ0v) is 13.2. The van der Waals surface area contributed by atoms with E-state index in [1.165, 1.54) is 6.26 Å². The Bertz CT molecular complexity index is 785. The van der Waals surface area contributed by atoms with Gasteiger partial charge in [0.25, 0.3) is 5.90 Å². The van der Waals surface area contributed by atoms with Crippen LogP contribution in [0.3, 0.4) is 0 Å². The van der Waals surface area contributed by atoms with Gasteiger partial charge in [-0.25, -0.2) is 9.79 Å². The van der Waals surface area contributed by atoms with E-state index >= 15 is 0 Å². The van der Waals surface area contributed by atoms with Gasteiger partial charge in [-0.05, 0) is 41.8 Å². The first-order valence-electron chi connectivity index (χ1n) is 7.33. The molecule has 1 aromatic heterocycles. The van der Waals surface area contributed by atoms with Crippen LogP contribution in [-0.4, -0.2) is 19.0 Å². The van der Waals surface area contributed by atoms with Crippen LogP contribution in [-0.2, 0) is 9.53 Å². The summed E-state index contributed by atoms with van der Waals surface area (Å²) in [6, 6.07) is 9.29. The molecule has 5 heteroatoms. The highest BCUT2D eigenvalue weighted by Crippen LogP contribution is 2.28. The van der Waals surface area contributed by atoms with Crippen LogP contribution in [0.4, 0.5) is 0 Å². The lowest BCUT2D eigenvalue weighted by Gasteiger charge is -2.10. The van der Waals surface area contributed by atoms with Crippen LogP contribution in [0.2, 0.25) is 0 Å². The molecule has 1 aliphatic heterocycles. The summed E-state index contributed by atoms with van der Waals surface area (Å²) in [5.41, 5.74) is 2.16. The molecule has 0 atom stereocenters. The van der Waals surface area contributed by atoms with Crippen LogP contribution in [0.25, 0.3) is 6.08 Å². The molecule has 0 spiro atoms. The van der Waals surface area contributed by atoms with Gasteiger partial charge < -0.3 is 13.9 Å². The van der Waals surface area contributed by atoms with Crippen LogP contribution in [0, 0.1) is 0 Å². The molecular formula is C18H17NO4. The summed E-state index contributed by atoms with van der Waals surface area (Å²) in [7, 11) is 1.59. The van der Waals surface area contributed by atoms with E-state index in [0.29, 0.717) is 17.4 Å². The van der Waals surface area contributed by atoms with Crippen molar-refractivity contribution in [2.75, 3.05) is 7.11 Å². The second-order valence-electron chi connectivity index (χ2n) is 5.47. The molecule has 0 bridgehead atoms. The van der Waals surface area contributed by atoms with Crippen LogP contribution >= 0.6 is 0 Å². The van der Waals surface area contributed by atoms with Crippen molar-refractivity contribution in [2.24, 2.45) is 4.99 Å². The average Bonchev–Trinajstić information content (AvgIpc) is 3.17. The standard InChI is InChI=1S/C18H17NO4/c1-11(2)12-6-7-15(21-3)13(9-12)10-14-18(20)23-17(19-14)16-5-4-8-22-16/h4-11H,1-3H3/b14-10-. The summed E-state index contributed by atoms with van der Waals surface area (Å²) in [6.45, 7) is 4.21. The smallest absolute Gasteiger partial charge is 0.363 e. The largest absolute Gasteiger partial charge is 0.496 e. The SMILES string of the molecule is COc1ccc(C(C)C)cc1/C=C1\N=C(c2ccco2)OC1=O. The zero-order chi connectivity index (χ0) is 16.4. The highest BCUT2D eigenvalue weighted by Gasteiger charge is 2.26. The Kier molecular flexibility index (Phi) is 4.02. The number of carbonyl (C=O) groups is 1. The summed E-state index contributed by atoms with van der Waals surface area (Å²) in [5.74, 6) is 1.13. The number of esters is 1. The molecule has 0 N–H and O–H groups in total. The van der Waals surface area contributed by atoms with Gasteiger partial charge in [0.1, 0.15) is 5.75 Å². The summed E-state index contributed by atoms with van der Waals surface area (Å²) in [5, 5.41) is 0. The Labute approximate surface area is 134 Å². The molecule has 0 fully saturated rings. The fourth-order valence-electron chi connectivity index (χ4n) is 2.29. The lowest BCUT2D eigenvalue weighted by atomic mass is 10.00. The fourth-order valence-corrected chi connectivity index (χ4v) is 2.29. The first-order chi connectivity index (χ1) is 11.1. The lowest BCUT2D eigenvalue weighted by molar-refractivity contribution is -0.130. The lowest BCUT2D eigenvalue weighted by Crippen LogP contribution is -2.04. The normalized spacial score (nSPS) is 15.9. The average molecular weight is 311 g/mol. The Morgan fingerprint density at radius 2 is 2.09 bits per heavy atom. The number of ether oxygens (including phenoxy) is 2. The number of nitrogens with zero attached hydrogens (tertiary/aromatic N) is 1. The first kappa shape index (κ1) is 15.1. The third-order valence-electron chi connectivity index (χ3n) is 3.57. The summed E-state index contributed by atoms with van der Waals surface area (Å²) < 4.78 is 15.7. The number of cyclic esters (lactones) is 1. The maximum atomic E-state index is 12.0.